The van der Waals surface area contributed by atoms with Crippen molar-refractivity contribution in [3.63, 3.8) is 0 Å². The first kappa shape index (κ1) is 37.0. The van der Waals surface area contributed by atoms with Crippen LogP contribution in [0.25, 0.3) is 11.4 Å². The summed E-state index contributed by atoms with van der Waals surface area (Å²) in [6.07, 6.45) is 3.86. The number of nitrogens with one attached hydrogen (secondary N) is 1. The van der Waals surface area contributed by atoms with Gasteiger partial charge >= 0.3 is 0 Å². The lowest BCUT2D eigenvalue weighted by Crippen LogP contribution is -2.37. The molecule has 1 fully saturated rings. The highest BCUT2D eigenvalue weighted by Gasteiger charge is 2.28. The van der Waals surface area contributed by atoms with E-state index in [0.717, 1.165) is 45.3 Å². The van der Waals surface area contributed by atoms with Crippen molar-refractivity contribution in [2.45, 2.75) is 20.3 Å². The molecule has 278 valence electrons. The van der Waals surface area contributed by atoms with Crippen molar-refractivity contribution in [3.8, 4) is 34.4 Å². The van der Waals surface area contributed by atoms with Gasteiger partial charge in [-0.05, 0) is 75.5 Å². The van der Waals surface area contributed by atoms with Crippen LogP contribution >= 0.6 is 0 Å². The number of benzene rings is 3. The van der Waals surface area contributed by atoms with Gasteiger partial charge in [-0.3, -0.25) is 24.0 Å². The summed E-state index contributed by atoms with van der Waals surface area (Å²) in [6.45, 7) is 12.4. The van der Waals surface area contributed by atoms with Gasteiger partial charge in [0, 0.05) is 49.3 Å². The van der Waals surface area contributed by atoms with Crippen LogP contribution in [0.2, 0.25) is 0 Å². The largest absolute Gasteiger partial charge is 0.493 e. The van der Waals surface area contributed by atoms with E-state index in [1.807, 2.05) is 0 Å². The SMILES string of the molecule is C=Nc1cc(OCCCN2CCOCC2)c2c(c1/C(=C\C)Oc1ccc(NC(=O)c3c(OCC)ccn(-c4ccc(F)cc4)c3=O)cc1F)OCCO2. The Balaban J connectivity index is 1.21. The first-order valence-electron chi connectivity index (χ1n) is 17.3. The van der Waals surface area contributed by atoms with Crippen LogP contribution in [0.3, 0.4) is 0 Å². The number of hydrogen-bond acceptors (Lipinski definition) is 10. The number of rotatable bonds is 14. The molecule has 1 N–H and O–H groups in total. The van der Waals surface area contributed by atoms with E-state index in [0.29, 0.717) is 47.4 Å². The minimum absolute atomic E-state index is 0.0390. The average Bonchev–Trinajstić information content (AvgIpc) is 3.17. The molecule has 0 bridgehead atoms. The zero-order chi connectivity index (χ0) is 37.3. The average molecular weight is 731 g/mol. The van der Waals surface area contributed by atoms with Crippen LogP contribution in [0.15, 0.2) is 76.7 Å². The van der Waals surface area contributed by atoms with Crippen LogP contribution in [0.5, 0.6) is 28.7 Å². The van der Waals surface area contributed by atoms with Gasteiger partial charge in [0.2, 0.25) is 5.75 Å². The molecule has 2 aliphatic heterocycles. The topological polar surface area (TPSA) is 122 Å². The van der Waals surface area contributed by atoms with E-state index in [4.69, 9.17) is 28.4 Å². The van der Waals surface area contributed by atoms with Gasteiger partial charge in [0.25, 0.3) is 11.5 Å². The first-order valence-corrected chi connectivity index (χ1v) is 17.3. The van der Waals surface area contributed by atoms with E-state index < -0.39 is 23.1 Å². The fourth-order valence-corrected chi connectivity index (χ4v) is 5.97. The maximum atomic E-state index is 15.7. The Bertz CT molecular complexity index is 2040. The van der Waals surface area contributed by atoms with Gasteiger partial charge in [-0.2, -0.15) is 0 Å². The molecule has 53 heavy (non-hydrogen) atoms. The van der Waals surface area contributed by atoms with Crippen LogP contribution in [-0.2, 0) is 4.74 Å². The van der Waals surface area contributed by atoms with Crippen molar-refractivity contribution < 1.29 is 42.0 Å². The highest BCUT2D eigenvalue weighted by Crippen LogP contribution is 2.50. The van der Waals surface area contributed by atoms with Crippen LogP contribution in [0.1, 0.15) is 36.2 Å². The second kappa shape index (κ2) is 17.2. The second-order valence-corrected chi connectivity index (χ2v) is 11.9. The molecule has 0 unspecified atom stereocenters. The third-order valence-corrected chi connectivity index (χ3v) is 8.51. The molecule has 2 aliphatic rings. The fourth-order valence-electron chi connectivity index (χ4n) is 5.97. The molecule has 4 aromatic rings. The standard InChI is InChI=1S/C39H40F2N4O8/c1-4-30(34-29(42-3)24-33(36-37(34)52-22-21-51-36)50-18-6-14-44-16-19-48-20-17-44)53-31-12-9-26(23-28(31)41)43-38(46)35-32(49-5-2)13-15-45(39(35)47)27-10-7-25(40)8-11-27/h4,7-13,15,23-24H,3,5-6,14,16-22H2,1-2H3,(H,43,46)/b30-4+. The summed E-state index contributed by atoms with van der Waals surface area (Å²) >= 11 is 0. The van der Waals surface area contributed by atoms with E-state index in [1.54, 1.807) is 26.0 Å². The van der Waals surface area contributed by atoms with Crippen molar-refractivity contribution in [1.29, 1.82) is 0 Å². The zero-order valence-corrected chi connectivity index (χ0v) is 29.5. The third kappa shape index (κ3) is 8.50. The molecule has 1 aromatic heterocycles. The summed E-state index contributed by atoms with van der Waals surface area (Å²) in [5.74, 6) is -0.839. The molecule has 0 atom stereocenters. The Morgan fingerprint density at radius 1 is 0.943 bits per heavy atom. The second-order valence-electron chi connectivity index (χ2n) is 11.9. The Labute approximate surface area is 305 Å². The number of ether oxygens (including phenoxy) is 6. The highest BCUT2D eigenvalue weighted by atomic mass is 19.1. The minimum Gasteiger partial charge on any atom is -0.493 e. The number of allylic oxidation sites excluding steroid dienone is 1. The van der Waals surface area contributed by atoms with Crippen molar-refractivity contribution in [3.05, 3.63) is 100.0 Å². The number of amides is 1. The Kier molecular flexibility index (Phi) is 12.0. The van der Waals surface area contributed by atoms with Gasteiger partial charge in [0.05, 0.1) is 37.7 Å². The number of carbonyl (C=O) groups is 1. The van der Waals surface area contributed by atoms with Crippen LogP contribution < -0.4 is 34.6 Å². The lowest BCUT2D eigenvalue weighted by molar-refractivity contribution is 0.0357. The summed E-state index contributed by atoms with van der Waals surface area (Å²) in [6, 6.07) is 12.2. The highest BCUT2D eigenvalue weighted by molar-refractivity contribution is 6.06. The molecule has 0 radical (unpaired) electrons. The summed E-state index contributed by atoms with van der Waals surface area (Å²) in [5.41, 5.74) is 0.170. The molecule has 3 aromatic carbocycles. The van der Waals surface area contributed by atoms with E-state index in [2.05, 4.69) is 21.9 Å². The van der Waals surface area contributed by atoms with Gasteiger partial charge < -0.3 is 33.7 Å². The van der Waals surface area contributed by atoms with Crippen LogP contribution in [-0.4, -0.2) is 81.4 Å². The molecular formula is C39H40F2N4O8. The first-order chi connectivity index (χ1) is 25.8. The van der Waals surface area contributed by atoms with Gasteiger partial charge in [-0.15, -0.1) is 0 Å². The summed E-state index contributed by atoms with van der Waals surface area (Å²) in [5, 5.41) is 2.57. The Hall–Kier alpha value is -5.73. The normalized spacial score (nSPS) is 14.4. The number of anilines is 1. The van der Waals surface area contributed by atoms with Gasteiger partial charge in [0.1, 0.15) is 36.1 Å². The number of halogens is 2. The fraction of sp³-hybridized carbons (Fsp3) is 0.308. The number of carbonyl (C=O) groups excluding carboxylic acids is 1. The molecular weight excluding hydrogens is 690 g/mol. The van der Waals surface area contributed by atoms with Crippen molar-refractivity contribution in [2.75, 3.05) is 64.6 Å². The molecule has 0 spiro atoms. The van der Waals surface area contributed by atoms with E-state index in [9.17, 15) is 14.0 Å². The van der Waals surface area contributed by atoms with E-state index in [-0.39, 0.29) is 41.7 Å². The molecule has 1 amide bonds. The van der Waals surface area contributed by atoms with Crippen molar-refractivity contribution in [1.82, 2.24) is 9.47 Å². The van der Waals surface area contributed by atoms with Gasteiger partial charge in [-0.25, -0.2) is 8.78 Å². The number of fused-ring (bicyclic) bond motifs is 1. The molecule has 3 heterocycles. The maximum Gasteiger partial charge on any atom is 0.271 e. The van der Waals surface area contributed by atoms with E-state index in [1.165, 1.54) is 53.2 Å². The molecule has 14 heteroatoms. The number of morpholine rings is 1. The Morgan fingerprint density at radius 2 is 1.70 bits per heavy atom. The molecule has 0 saturated carbocycles. The molecule has 6 rings (SSSR count). The predicted molar refractivity (Wildman–Crippen MR) is 196 cm³/mol. The Morgan fingerprint density at radius 3 is 2.40 bits per heavy atom. The smallest absolute Gasteiger partial charge is 0.271 e. The van der Waals surface area contributed by atoms with Crippen LogP contribution in [0.4, 0.5) is 20.2 Å². The number of aromatic nitrogens is 1. The van der Waals surface area contributed by atoms with Crippen molar-refractivity contribution in [2.24, 2.45) is 4.99 Å². The summed E-state index contributed by atoms with van der Waals surface area (Å²) in [4.78, 5) is 33.5. The van der Waals surface area contributed by atoms with E-state index >= 15 is 4.39 Å². The monoisotopic (exact) mass is 730 g/mol. The predicted octanol–water partition coefficient (Wildman–Crippen LogP) is 6.41. The van der Waals surface area contributed by atoms with Gasteiger partial charge in [0.15, 0.2) is 23.1 Å². The summed E-state index contributed by atoms with van der Waals surface area (Å²) in [7, 11) is 0. The maximum absolute atomic E-state index is 15.7. The van der Waals surface area contributed by atoms with Crippen LogP contribution in [0, 0.1) is 11.6 Å². The summed E-state index contributed by atoms with van der Waals surface area (Å²) < 4.78 is 65.6. The molecule has 0 aliphatic carbocycles. The minimum atomic E-state index is -0.828. The quantitative estimate of drug-likeness (QED) is 0.0891. The zero-order valence-electron chi connectivity index (χ0n) is 29.5. The number of hydrogen-bond donors (Lipinski definition) is 1. The third-order valence-electron chi connectivity index (χ3n) is 8.51. The number of pyridine rings is 1. The number of nitrogens with zero attached hydrogens (tertiary/aromatic N) is 3. The lowest BCUT2D eigenvalue weighted by Gasteiger charge is -2.27. The molecule has 12 nitrogen and oxygen atoms in total. The molecule has 1 saturated heterocycles. The van der Waals surface area contributed by atoms with Gasteiger partial charge in [-0.1, -0.05) is 0 Å². The van der Waals surface area contributed by atoms with Crippen molar-refractivity contribution >= 4 is 29.8 Å². The number of aliphatic imine (C=N–C) groups is 1. The lowest BCUT2D eigenvalue weighted by atomic mass is 10.1.